The lowest BCUT2D eigenvalue weighted by atomic mass is 10.1. The van der Waals surface area contributed by atoms with Gasteiger partial charge in [-0.25, -0.2) is 0 Å². The number of nitriles is 1. The summed E-state index contributed by atoms with van der Waals surface area (Å²) in [6.45, 7) is 2.84. The van der Waals surface area contributed by atoms with E-state index in [0.717, 1.165) is 30.6 Å². The molecule has 5 heteroatoms. The highest BCUT2D eigenvalue weighted by molar-refractivity contribution is 6.10. The van der Waals surface area contributed by atoms with Gasteiger partial charge in [0.15, 0.2) is 0 Å². The number of ether oxygens (including phenoxy) is 2. The molecule has 27 heavy (non-hydrogen) atoms. The molecule has 0 atom stereocenters. The molecule has 0 unspecified atom stereocenters. The molecule has 0 saturated heterocycles. The van der Waals surface area contributed by atoms with Gasteiger partial charge in [-0.05, 0) is 42.3 Å². The predicted molar refractivity (Wildman–Crippen MR) is 107 cm³/mol. The van der Waals surface area contributed by atoms with Gasteiger partial charge < -0.3 is 14.8 Å². The molecule has 0 spiro atoms. The summed E-state index contributed by atoms with van der Waals surface area (Å²) >= 11 is 0. The number of para-hydroxylation sites is 2. The fourth-order valence-corrected chi connectivity index (χ4v) is 2.46. The highest BCUT2D eigenvalue weighted by Gasteiger charge is 2.12. The van der Waals surface area contributed by atoms with Crippen LogP contribution in [-0.2, 0) is 4.79 Å². The standard InChI is InChI=1S/C22H24N2O3/c1-3-4-7-14-27-19-12-10-17(11-13-19)15-18(16-23)22(25)24-20-8-5-6-9-21(20)26-2/h5-6,8-13,15H,3-4,7,14H2,1-2H3,(H,24,25)/b18-15+. The Kier molecular flexibility index (Phi) is 7.92. The Hall–Kier alpha value is -3.26. The van der Waals surface area contributed by atoms with Crippen LogP contribution >= 0.6 is 0 Å². The SMILES string of the molecule is CCCCCOc1ccc(/C=C(\C#N)C(=O)Nc2ccccc2OC)cc1. The van der Waals surface area contributed by atoms with E-state index >= 15 is 0 Å². The number of hydrogen-bond donors (Lipinski definition) is 1. The zero-order chi connectivity index (χ0) is 19.5. The van der Waals surface area contributed by atoms with Gasteiger partial charge in [0.05, 0.1) is 19.4 Å². The molecule has 0 aliphatic rings. The Morgan fingerprint density at radius 1 is 1.15 bits per heavy atom. The van der Waals surface area contributed by atoms with E-state index in [9.17, 15) is 10.1 Å². The lowest BCUT2D eigenvalue weighted by molar-refractivity contribution is -0.112. The smallest absolute Gasteiger partial charge is 0.266 e. The van der Waals surface area contributed by atoms with Crippen LogP contribution in [0.2, 0.25) is 0 Å². The zero-order valence-electron chi connectivity index (χ0n) is 15.7. The molecule has 0 bridgehead atoms. The number of carbonyl (C=O) groups excluding carboxylic acids is 1. The van der Waals surface area contributed by atoms with Crippen molar-refractivity contribution < 1.29 is 14.3 Å². The molecule has 1 amide bonds. The average Bonchev–Trinajstić information content (AvgIpc) is 2.70. The summed E-state index contributed by atoms with van der Waals surface area (Å²) in [5, 5.41) is 12.1. The van der Waals surface area contributed by atoms with E-state index in [2.05, 4.69) is 12.2 Å². The second-order valence-corrected chi connectivity index (χ2v) is 5.95. The van der Waals surface area contributed by atoms with Crippen LogP contribution in [0.5, 0.6) is 11.5 Å². The third kappa shape index (κ3) is 6.19. The normalized spacial score (nSPS) is 10.8. The molecule has 140 valence electrons. The fraction of sp³-hybridized carbons (Fsp3) is 0.273. The summed E-state index contributed by atoms with van der Waals surface area (Å²) in [7, 11) is 1.53. The number of nitrogens with zero attached hydrogens (tertiary/aromatic N) is 1. The maximum Gasteiger partial charge on any atom is 0.266 e. The first-order chi connectivity index (χ1) is 13.2. The minimum absolute atomic E-state index is 0.0116. The number of anilines is 1. The first-order valence-electron chi connectivity index (χ1n) is 8.97. The number of nitrogens with one attached hydrogen (secondary N) is 1. The van der Waals surface area contributed by atoms with Gasteiger partial charge in [-0.1, -0.05) is 44.0 Å². The van der Waals surface area contributed by atoms with E-state index in [1.807, 2.05) is 30.3 Å². The first-order valence-corrected chi connectivity index (χ1v) is 8.97. The van der Waals surface area contributed by atoms with Crippen molar-refractivity contribution in [3.05, 3.63) is 59.7 Å². The number of amides is 1. The van der Waals surface area contributed by atoms with Crippen LogP contribution < -0.4 is 14.8 Å². The molecular weight excluding hydrogens is 340 g/mol. The summed E-state index contributed by atoms with van der Waals surface area (Å²) in [6.07, 6.45) is 4.88. The van der Waals surface area contributed by atoms with Gasteiger partial charge in [0.1, 0.15) is 23.1 Å². The van der Waals surface area contributed by atoms with Gasteiger partial charge in [0.2, 0.25) is 0 Å². The van der Waals surface area contributed by atoms with Crippen LogP contribution in [0.15, 0.2) is 54.1 Å². The van der Waals surface area contributed by atoms with E-state index in [0.29, 0.717) is 18.0 Å². The second-order valence-electron chi connectivity index (χ2n) is 5.95. The lowest BCUT2D eigenvalue weighted by Gasteiger charge is -2.09. The summed E-state index contributed by atoms with van der Waals surface area (Å²) in [5.74, 6) is 0.829. The number of hydrogen-bond acceptors (Lipinski definition) is 4. The molecule has 5 nitrogen and oxygen atoms in total. The van der Waals surface area contributed by atoms with Crippen LogP contribution in [0.1, 0.15) is 31.7 Å². The van der Waals surface area contributed by atoms with Gasteiger partial charge >= 0.3 is 0 Å². The van der Waals surface area contributed by atoms with Crippen LogP contribution in [0.25, 0.3) is 6.08 Å². The molecule has 0 heterocycles. The first kappa shape index (κ1) is 20.1. The van der Waals surface area contributed by atoms with Gasteiger partial charge in [-0.2, -0.15) is 5.26 Å². The lowest BCUT2D eigenvalue weighted by Crippen LogP contribution is -2.14. The summed E-state index contributed by atoms with van der Waals surface area (Å²) < 4.78 is 10.9. The van der Waals surface area contributed by atoms with Gasteiger partial charge in [-0.15, -0.1) is 0 Å². The van der Waals surface area contributed by atoms with E-state index in [-0.39, 0.29) is 5.57 Å². The largest absolute Gasteiger partial charge is 0.495 e. The molecular formula is C22H24N2O3. The predicted octanol–water partition coefficient (Wildman–Crippen LogP) is 4.81. The number of benzene rings is 2. The van der Waals surface area contributed by atoms with Crippen molar-refractivity contribution in [2.45, 2.75) is 26.2 Å². The molecule has 1 N–H and O–H groups in total. The third-order valence-corrected chi connectivity index (χ3v) is 3.93. The maximum absolute atomic E-state index is 12.4. The summed E-state index contributed by atoms with van der Waals surface area (Å²) in [4.78, 5) is 12.4. The van der Waals surface area contributed by atoms with Crippen molar-refractivity contribution in [2.24, 2.45) is 0 Å². The number of carbonyl (C=O) groups is 1. The van der Waals surface area contributed by atoms with Crippen molar-refractivity contribution in [1.29, 1.82) is 5.26 Å². The molecule has 2 rings (SSSR count). The van der Waals surface area contributed by atoms with E-state index in [1.54, 1.807) is 30.3 Å². The van der Waals surface area contributed by atoms with Crippen molar-refractivity contribution in [3.8, 4) is 17.6 Å². The Morgan fingerprint density at radius 2 is 1.89 bits per heavy atom. The highest BCUT2D eigenvalue weighted by Crippen LogP contribution is 2.24. The molecule has 2 aromatic rings. The Balaban J connectivity index is 2.04. The molecule has 0 aromatic heterocycles. The van der Waals surface area contributed by atoms with Crippen molar-refractivity contribution in [1.82, 2.24) is 0 Å². The van der Waals surface area contributed by atoms with Crippen LogP contribution in [-0.4, -0.2) is 19.6 Å². The molecule has 0 aliphatic heterocycles. The van der Waals surface area contributed by atoms with Gasteiger partial charge in [0.25, 0.3) is 5.91 Å². The van der Waals surface area contributed by atoms with Crippen LogP contribution in [0.3, 0.4) is 0 Å². The quantitative estimate of drug-likeness (QED) is 0.394. The second kappa shape index (κ2) is 10.7. The van der Waals surface area contributed by atoms with E-state index in [1.165, 1.54) is 7.11 Å². The number of rotatable bonds is 9. The van der Waals surface area contributed by atoms with Crippen molar-refractivity contribution in [3.63, 3.8) is 0 Å². The minimum Gasteiger partial charge on any atom is -0.495 e. The molecule has 0 radical (unpaired) electrons. The van der Waals surface area contributed by atoms with E-state index < -0.39 is 5.91 Å². The zero-order valence-corrected chi connectivity index (χ0v) is 15.7. The number of methoxy groups -OCH3 is 1. The van der Waals surface area contributed by atoms with Gasteiger partial charge in [0, 0.05) is 0 Å². The van der Waals surface area contributed by atoms with E-state index in [4.69, 9.17) is 9.47 Å². The van der Waals surface area contributed by atoms with Crippen LogP contribution in [0, 0.1) is 11.3 Å². The third-order valence-electron chi connectivity index (χ3n) is 3.93. The monoisotopic (exact) mass is 364 g/mol. The summed E-state index contributed by atoms with van der Waals surface area (Å²) in [6, 6.07) is 16.3. The maximum atomic E-state index is 12.4. The fourth-order valence-electron chi connectivity index (χ4n) is 2.46. The molecule has 2 aromatic carbocycles. The Labute approximate surface area is 160 Å². The average molecular weight is 364 g/mol. The van der Waals surface area contributed by atoms with Gasteiger partial charge in [-0.3, -0.25) is 4.79 Å². The topological polar surface area (TPSA) is 71.3 Å². The number of unbranched alkanes of at least 4 members (excludes halogenated alkanes) is 2. The highest BCUT2D eigenvalue weighted by atomic mass is 16.5. The Morgan fingerprint density at radius 3 is 2.56 bits per heavy atom. The molecule has 0 saturated carbocycles. The molecule has 0 aliphatic carbocycles. The minimum atomic E-state index is -0.484. The van der Waals surface area contributed by atoms with Crippen molar-refractivity contribution in [2.75, 3.05) is 19.0 Å². The van der Waals surface area contributed by atoms with Crippen LogP contribution in [0.4, 0.5) is 5.69 Å². The molecule has 0 fully saturated rings. The summed E-state index contributed by atoms with van der Waals surface area (Å²) in [5.41, 5.74) is 1.28. The Bertz CT molecular complexity index is 820. The van der Waals surface area contributed by atoms with Crippen molar-refractivity contribution >= 4 is 17.7 Å².